The number of anilines is 1. The number of aryl methyl sites for hydroxylation is 1. The first-order valence-electron chi connectivity index (χ1n) is 10.7. The van der Waals surface area contributed by atoms with Gasteiger partial charge in [0.2, 0.25) is 5.91 Å². The van der Waals surface area contributed by atoms with E-state index in [-0.39, 0.29) is 37.4 Å². The molecule has 9 nitrogen and oxygen atoms in total. The van der Waals surface area contributed by atoms with E-state index in [1.165, 1.54) is 18.3 Å². The number of carbonyl (C=O) groups excluding carboxylic acids is 3. The maximum Gasteiger partial charge on any atom is 0.261 e. The van der Waals surface area contributed by atoms with E-state index in [1.807, 2.05) is 35.9 Å². The van der Waals surface area contributed by atoms with Gasteiger partial charge in [0.05, 0.1) is 34.6 Å². The first kappa shape index (κ1) is 23.9. The molecule has 11 heteroatoms. The highest BCUT2D eigenvalue weighted by Crippen LogP contribution is 2.26. The van der Waals surface area contributed by atoms with Gasteiger partial charge in [0, 0.05) is 31.0 Å². The smallest absolute Gasteiger partial charge is 0.261 e. The Bertz CT molecular complexity index is 1240. The highest BCUT2D eigenvalue weighted by molar-refractivity contribution is 7.17. The molecule has 0 bridgehead atoms. The van der Waals surface area contributed by atoms with Crippen LogP contribution in [0, 0.1) is 6.92 Å². The topological polar surface area (TPSA) is 106 Å². The standard InChI is InChI=1S/C23H24ClN5O4S/c1-14-9-17(3-4-18(14)28-7-8-33-13-22(28)31)29-12-16(27-21(29)11-25-15(2)30)10-26-23(32)19-5-6-20(24)34-19/h3-6,9,12H,7-8,10-11,13H2,1-2H3,(H,25,30)(H,26,32). The number of thiophene rings is 1. The zero-order valence-corrected chi connectivity index (χ0v) is 20.3. The van der Waals surface area contributed by atoms with Crippen LogP contribution in [0.3, 0.4) is 0 Å². The zero-order chi connectivity index (χ0) is 24.2. The van der Waals surface area contributed by atoms with Crippen LogP contribution >= 0.6 is 22.9 Å². The molecule has 0 spiro atoms. The van der Waals surface area contributed by atoms with Crippen LogP contribution in [0.25, 0.3) is 5.69 Å². The molecule has 34 heavy (non-hydrogen) atoms. The Hall–Kier alpha value is -3.21. The van der Waals surface area contributed by atoms with Crippen LogP contribution in [0.1, 0.15) is 33.7 Å². The summed E-state index contributed by atoms with van der Waals surface area (Å²) in [5, 5.41) is 5.62. The molecular weight excluding hydrogens is 478 g/mol. The maximum absolute atomic E-state index is 12.4. The number of hydrogen-bond donors (Lipinski definition) is 2. The van der Waals surface area contributed by atoms with Crippen LogP contribution in [0.2, 0.25) is 4.34 Å². The number of rotatable bonds is 7. The number of carbonyl (C=O) groups is 3. The molecule has 0 radical (unpaired) electrons. The van der Waals surface area contributed by atoms with Crippen LogP contribution in [-0.2, 0) is 27.4 Å². The highest BCUT2D eigenvalue weighted by atomic mass is 35.5. The molecule has 3 amide bonds. The number of halogens is 1. The SMILES string of the molecule is CC(=O)NCc1nc(CNC(=O)c2ccc(Cl)s2)cn1-c1ccc(N2CCOCC2=O)c(C)c1. The van der Waals surface area contributed by atoms with Gasteiger partial charge in [0.25, 0.3) is 11.8 Å². The van der Waals surface area contributed by atoms with Crippen molar-refractivity contribution in [2.24, 2.45) is 0 Å². The first-order valence-corrected chi connectivity index (χ1v) is 11.9. The van der Waals surface area contributed by atoms with E-state index in [1.54, 1.807) is 17.0 Å². The fraction of sp³-hybridized carbons (Fsp3) is 0.304. The summed E-state index contributed by atoms with van der Waals surface area (Å²) in [6.07, 6.45) is 1.83. The summed E-state index contributed by atoms with van der Waals surface area (Å²) in [4.78, 5) is 43.0. The molecule has 1 aromatic carbocycles. The summed E-state index contributed by atoms with van der Waals surface area (Å²) in [5.41, 5.74) is 3.23. The summed E-state index contributed by atoms with van der Waals surface area (Å²) in [6.45, 7) is 4.92. The molecule has 1 aliphatic rings. The van der Waals surface area contributed by atoms with Crippen LogP contribution < -0.4 is 15.5 Å². The van der Waals surface area contributed by atoms with Crippen molar-refractivity contribution in [1.29, 1.82) is 0 Å². The Kier molecular flexibility index (Phi) is 7.30. The number of imidazole rings is 1. The summed E-state index contributed by atoms with van der Waals surface area (Å²) >= 11 is 7.12. The summed E-state index contributed by atoms with van der Waals surface area (Å²) < 4.78 is 7.64. The Morgan fingerprint density at radius 2 is 2.03 bits per heavy atom. The fourth-order valence-electron chi connectivity index (χ4n) is 3.67. The third-order valence-electron chi connectivity index (χ3n) is 5.29. The zero-order valence-electron chi connectivity index (χ0n) is 18.8. The molecule has 1 fully saturated rings. The molecule has 3 heterocycles. The molecule has 4 rings (SSSR count). The average molecular weight is 502 g/mol. The third kappa shape index (κ3) is 5.46. The Morgan fingerprint density at radius 1 is 1.21 bits per heavy atom. The van der Waals surface area contributed by atoms with Gasteiger partial charge in [-0.3, -0.25) is 14.4 Å². The molecule has 2 N–H and O–H groups in total. The van der Waals surface area contributed by atoms with Crippen LogP contribution in [0.4, 0.5) is 5.69 Å². The molecule has 0 atom stereocenters. The second-order valence-corrected chi connectivity index (χ2v) is 9.50. The van der Waals surface area contributed by atoms with Crippen molar-refractivity contribution < 1.29 is 19.1 Å². The van der Waals surface area contributed by atoms with Crippen LogP contribution in [-0.4, -0.2) is 47.0 Å². The lowest BCUT2D eigenvalue weighted by Gasteiger charge is -2.28. The Morgan fingerprint density at radius 3 is 2.71 bits per heavy atom. The van der Waals surface area contributed by atoms with Gasteiger partial charge in [-0.25, -0.2) is 4.98 Å². The molecule has 1 aliphatic heterocycles. The summed E-state index contributed by atoms with van der Waals surface area (Å²) in [7, 11) is 0. The lowest BCUT2D eigenvalue weighted by Crippen LogP contribution is -2.42. The minimum Gasteiger partial charge on any atom is -0.370 e. The summed E-state index contributed by atoms with van der Waals surface area (Å²) in [5.74, 6) is 0.149. The fourth-order valence-corrected chi connectivity index (χ4v) is 4.63. The number of morpholine rings is 1. The van der Waals surface area contributed by atoms with E-state index in [9.17, 15) is 14.4 Å². The maximum atomic E-state index is 12.4. The van der Waals surface area contributed by atoms with Gasteiger partial charge in [-0.2, -0.15) is 0 Å². The van der Waals surface area contributed by atoms with Gasteiger partial charge in [0.15, 0.2) is 0 Å². The van der Waals surface area contributed by atoms with Crippen molar-refractivity contribution in [2.75, 3.05) is 24.7 Å². The summed E-state index contributed by atoms with van der Waals surface area (Å²) in [6, 6.07) is 9.12. The van der Waals surface area contributed by atoms with Crippen molar-refractivity contribution in [3.63, 3.8) is 0 Å². The largest absolute Gasteiger partial charge is 0.370 e. The molecule has 3 aromatic rings. The molecule has 1 saturated heterocycles. The normalized spacial score (nSPS) is 13.7. The number of hydrogen-bond acceptors (Lipinski definition) is 6. The molecule has 0 saturated carbocycles. The molecule has 2 aromatic heterocycles. The molecule has 0 unspecified atom stereocenters. The average Bonchev–Trinajstić information content (AvgIpc) is 3.43. The van der Waals surface area contributed by atoms with E-state index >= 15 is 0 Å². The molecular formula is C23H24ClN5O4S. The van der Waals surface area contributed by atoms with Crippen molar-refractivity contribution in [3.8, 4) is 5.69 Å². The second-order valence-electron chi connectivity index (χ2n) is 7.78. The number of amides is 3. The van der Waals surface area contributed by atoms with Crippen molar-refractivity contribution in [2.45, 2.75) is 26.9 Å². The van der Waals surface area contributed by atoms with Gasteiger partial charge in [-0.15, -0.1) is 11.3 Å². The number of nitrogens with zero attached hydrogens (tertiary/aromatic N) is 3. The lowest BCUT2D eigenvalue weighted by atomic mass is 10.1. The van der Waals surface area contributed by atoms with E-state index in [4.69, 9.17) is 16.3 Å². The van der Waals surface area contributed by atoms with E-state index < -0.39 is 0 Å². The predicted molar refractivity (Wildman–Crippen MR) is 129 cm³/mol. The van der Waals surface area contributed by atoms with Crippen molar-refractivity contribution in [3.05, 3.63) is 62.8 Å². The van der Waals surface area contributed by atoms with Crippen LogP contribution in [0.5, 0.6) is 0 Å². The van der Waals surface area contributed by atoms with Crippen molar-refractivity contribution >= 4 is 46.3 Å². The monoisotopic (exact) mass is 501 g/mol. The third-order valence-corrected chi connectivity index (χ3v) is 6.52. The van der Waals surface area contributed by atoms with E-state index in [0.717, 1.165) is 16.9 Å². The first-order chi connectivity index (χ1) is 16.3. The predicted octanol–water partition coefficient (Wildman–Crippen LogP) is 2.82. The number of benzene rings is 1. The lowest BCUT2D eigenvalue weighted by molar-refractivity contribution is -0.125. The number of nitrogens with one attached hydrogen (secondary N) is 2. The van der Waals surface area contributed by atoms with E-state index in [0.29, 0.717) is 33.9 Å². The van der Waals surface area contributed by atoms with Crippen LogP contribution in [0.15, 0.2) is 36.5 Å². The number of ether oxygens (including phenoxy) is 1. The van der Waals surface area contributed by atoms with Crippen molar-refractivity contribution in [1.82, 2.24) is 20.2 Å². The quantitative estimate of drug-likeness (QED) is 0.518. The van der Waals surface area contributed by atoms with Gasteiger partial charge in [-0.05, 0) is 42.8 Å². The highest BCUT2D eigenvalue weighted by Gasteiger charge is 2.22. The van der Waals surface area contributed by atoms with Gasteiger partial charge in [-0.1, -0.05) is 11.6 Å². The molecule has 0 aliphatic carbocycles. The minimum absolute atomic E-state index is 0.0684. The number of aromatic nitrogens is 2. The Labute approximate surface area is 205 Å². The Balaban J connectivity index is 1.57. The van der Waals surface area contributed by atoms with E-state index in [2.05, 4.69) is 15.6 Å². The van der Waals surface area contributed by atoms with Gasteiger partial charge >= 0.3 is 0 Å². The minimum atomic E-state index is -0.231. The molecule has 178 valence electrons. The van der Waals surface area contributed by atoms with Gasteiger partial charge < -0.3 is 24.8 Å². The van der Waals surface area contributed by atoms with Gasteiger partial charge in [0.1, 0.15) is 12.4 Å². The second kappa shape index (κ2) is 10.4.